The Morgan fingerprint density at radius 3 is 2.83 bits per heavy atom. The molecule has 2 N–H and O–H groups in total. The van der Waals surface area contributed by atoms with Gasteiger partial charge in [-0.3, -0.25) is 4.79 Å². The van der Waals surface area contributed by atoms with Crippen molar-refractivity contribution in [3.63, 3.8) is 0 Å². The molecular formula is C22H21FN4O2S. The quantitative estimate of drug-likeness (QED) is 0.446. The van der Waals surface area contributed by atoms with Crippen molar-refractivity contribution < 1.29 is 13.7 Å². The first-order valence-corrected chi connectivity index (χ1v) is 10.7. The number of hydrogen-bond acceptors (Lipinski definition) is 5. The van der Waals surface area contributed by atoms with E-state index in [1.807, 2.05) is 32.0 Å². The van der Waals surface area contributed by atoms with Crippen LogP contribution in [0.15, 0.2) is 47.0 Å². The molecule has 0 saturated heterocycles. The number of aromatic nitrogens is 3. The van der Waals surface area contributed by atoms with Crippen LogP contribution in [-0.4, -0.2) is 26.8 Å². The van der Waals surface area contributed by atoms with Crippen LogP contribution >= 0.6 is 11.8 Å². The zero-order chi connectivity index (χ0) is 21.1. The van der Waals surface area contributed by atoms with Gasteiger partial charge in [-0.15, -0.1) is 11.8 Å². The summed E-state index contributed by atoms with van der Waals surface area (Å²) in [6.45, 7) is 3.77. The third kappa shape index (κ3) is 4.54. The number of anilines is 1. The molecule has 0 atom stereocenters. The third-order valence-corrected chi connectivity index (χ3v) is 5.75. The molecule has 0 unspecified atom stereocenters. The number of thioether (sulfide) groups is 1. The van der Waals surface area contributed by atoms with Crippen molar-refractivity contribution in [2.75, 3.05) is 11.1 Å². The Balaban J connectivity index is 1.37. The molecule has 30 heavy (non-hydrogen) atoms. The second kappa shape index (κ2) is 8.71. The van der Waals surface area contributed by atoms with Gasteiger partial charge in [0, 0.05) is 23.4 Å². The number of benzene rings is 2. The van der Waals surface area contributed by atoms with Crippen LogP contribution in [0.4, 0.5) is 10.1 Å². The number of rotatable bonds is 7. The van der Waals surface area contributed by atoms with Crippen molar-refractivity contribution in [2.45, 2.75) is 26.0 Å². The van der Waals surface area contributed by atoms with Gasteiger partial charge in [-0.1, -0.05) is 23.4 Å². The van der Waals surface area contributed by atoms with Crippen LogP contribution in [0, 0.1) is 19.7 Å². The monoisotopic (exact) mass is 424 g/mol. The highest BCUT2D eigenvalue weighted by molar-refractivity contribution is 7.99. The summed E-state index contributed by atoms with van der Waals surface area (Å²) in [6.07, 6.45) is 0.376. The molecule has 1 amide bonds. The Kier molecular flexibility index (Phi) is 5.85. The summed E-state index contributed by atoms with van der Waals surface area (Å²) >= 11 is 1.51. The number of imidazole rings is 1. The van der Waals surface area contributed by atoms with Crippen LogP contribution in [0.25, 0.3) is 11.0 Å². The molecule has 0 saturated carbocycles. The molecular weight excluding hydrogens is 403 g/mol. The summed E-state index contributed by atoms with van der Waals surface area (Å²) in [5.74, 6) is 2.12. The highest BCUT2D eigenvalue weighted by atomic mass is 32.2. The maximum atomic E-state index is 13.9. The molecule has 0 aliphatic carbocycles. The van der Waals surface area contributed by atoms with E-state index >= 15 is 0 Å². The van der Waals surface area contributed by atoms with Crippen LogP contribution in [-0.2, 0) is 17.0 Å². The number of H-pyrrole nitrogens is 1. The molecule has 0 aliphatic heterocycles. The second-order valence-corrected chi connectivity index (χ2v) is 8.01. The molecule has 2 aromatic carbocycles. The topological polar surface area (TPSA) is 83.8 Å². The number of aryl methyl sites for hydroxylation is 2. The minimum Gasteiger partial charge on any atom is -0.361 e. The van der Waals surface area contributed by atoms with Crippen LogP contribution < -0.4 is 5.32 Å². The zero-order valence-electron chi connectivity index (χ0n) is 16.7. The summed E-state index contributed by atoms with van der Waals surface area (Å²) in [6, 6.07) is 12.1. The summed E-state index contributed by atoms with van der Waals surface area (Å²) in [4.78, 5) is 20.0. The van der Waals surface area contributed by atoms with Crippen molar-refractivity contribution in [3.05, 3.63) is 76.7 Å². The molecule has 0 radical (unpaired) electrons. The van der Waals surface area contributed by atoms with E-state index in [0.717, 1.165) is 28.1 Å². The molecule has 2 aromatic heterocycles. The van der Waals surface area contributed by atoms with Gasteiger partial charge in [0.15, 0.2) is 0 Å². The molecule has 2 heterocycles. The Labute approximate surface area is 177 Å². The van der Waals surface area contributed by atoms with E-state index < -0.39 is 0 Å². The molecule has 8 heteroatoms. The molecule has 0 fully saturated rings. The van der Waals surface area contributed by atoms with Crippen molar-refractivity contribution in [3.8, 4) is 0 Å². The Morgan fingerprint density at radius 1 is 1.23 bits per heavy atom. The largest absolute Gasteiger partial charge is 0.361 e. The first-order valence-electron chi connectivity index (χ1n) is 9.51. The van der Waals surface area contributed by atoms with Crippen LogP contribution in [0.5, 0.6) is 0 Å². The van der Waals surface area contributed by atoms with Gasteiger partial charge in [-0.05, 0) is 43.7 Å². The van der Waals surface area contributed by atoms with Gasteiger partial charge in [0.25, 0.3) is 0 Å². The number of halogens is 1. The van der Waals surface area contributed by atoms with Gasteiger partial charge in [-0.2, -0.15) is 0 Å². The van der Waals surface area contributed by atoms with Gasteiger partial charge in [0.05, 0.1) is 22.5 Å². The average Bonchev–Trinajstić information content (AvgIpc) is 3.26. The molecule has 0 spiro atoms. The fourth-order valence-corrected chi connectivity index (χ4v) is 4.17. The highest BCUT2D eigenvalue weighted by Gasteiger charge is 2.11. The lowest BCUT2D eigenvalue weighted by Crippen LogP contribution is -2.14. The number of hydrogen-bond donors (Lipinski definition) is 2. The van der Waals surface area contributed by atoms with Gasteiger partial charge in [0.2, 0.25) is 5.91 Å². The van der Waals surface area contributed by atoms with Crippen molar-refractivity contribution in [2.24, 2.45) is 0 Å². The second-order valence-electron chi connectivity index (χ2n) is 7.03. The smallest absolute Gasteiger partial charge is 0.234 e. The van der Waals surface area contributed by atoms with E-state index in [4.69, 9.17) is 4.52 Å². The maximum absolute atomic E-state index is 13.9. The lowest BCUT2D eigenvalue weighted by atomic mass is 10.1. The van der Waals surface area contributed by atoms with Crippen molar-refractivity contribution in [1.29, 1.82) is 0 Å². The minimum absolute atomic E-state index is 0.0859. The van der Waals surface area contributed by atoms with Crippen molar-refractivity contribution >= 4 is 34.4 Å². The fraction of sp³-hybridized carbons (Fsp3) is 0.227. The SMILES string of the molecule is Cc1noc(C)c1CSCC(=O)Nc1ccc2nc(Cc3ccccc3F)[nH]c2c1. The van der Waals surface area contributed by atoms with Crippen LogP contribution in [0.2, 0.25) is 0 Å². The summed E-state index contributed by atoms with van der Waals surface area (Å²) in [5.41, 5.74) is 4.73. The molecule has 4 rings (SSSR count). The van der Waals surface area contributed by atoms with Crippen LogP contribution in [0.1, 0.15) is 28.4 Å². The minimum atomic E-state index is -0.250. The van der Waals surface area contributed by atoms with Crippen molar-refractivity contribution in [1.82, 2.24) is 15.1 Å². The summed E-state index contributed by atoms with van der Waals surface area (Å²) < 4.78 is 19.0. The van der Waals surface area contributed by atoms with E-state index in [0.29, 0.717) is 35.0 Å². The van der Waals surface area contributed by atoms with Gasteiger partial charge >= 0.3 is 0 Å². The average molecular weight is 425 g/mol. The van der Waals surface area contributed by atoms with Gasteiger partial charge in [-0.25, -0.2) is 9.37 Å². The number of fused-ring (bicyclic) bond motifs is 1. The zero-order valence-corrected chi connectivity index (χ0v) is 17.5. The third-order valence-electron chi connectivity index (χ3n) is 4.79. The molecule has 154 valence electrons. The van der Waals surface area contributed by atoms with Gasteiger partial charge < -0.3 is 14.8 Å². The summed E-state index contributed by atoms with van der Waals surface area (Å²) in [7, 11) is 0. The number of amides is 1. The first-order chi connectivity index (χ1) is 14.5. The predicted molar refractivity (Wildman–Crippen MR) is 116 cm³/mol. The molecule has 0 bridgehead atoms. The van der Waals surface area contributed by atoms with Gasteiger partial charge in [0.1, 0.15) is 17.4 Å². The summed E-state index contributed by atoms with van der Waals surface area (Å²) in [5, 5.41) is 6.83. The van der Waals surface area contributed by atoms with E-state index in [2.05, 4.69) is 20.4 Å². The molecule has 0 aliphatic rings. The Morgan fingerprint density at radius 2 is 2.07 bits per heavy atom. The van der Waals surface area contributed by atoms with E-state index in [1.54, 1.807) is 18.2 Å². The van der Waals surface area contributed by atoms with E-state index in [9.17, 15) is 9.18 Å². The number of carbonyl (C=O) groups excluding carboxylic acids is 1. The number of nitrogens with one attached hydrogen (secondary N) is 2. The maximum Gasteiger partial charge on any atom is 0.234 e. The van der Waals surface area contributed by atoms with E-state index in [-0.39, 0.29) is 11.7 Å². The lowest BCUT2D eigenvalue weighted by Gasteiger charge is -2.05. The lowest BCUT2D eigenvalue weighted by molar-refractivity contribution is -0.113. The fourth-order valence-electron chi connectivity index (χ4n) is 3.20. The number of carbonyl (C=O) groups is 1. The predicted octanol–water partition coefficient (Wildman–Crippen LogP) is 4.77. The number of aromatic amines is 1. The normalized spacial score (nSPS) is 11.2. The highest BCUT2D eigenvalue weighted by Crippen LogP contribution is 2.21. The number of nitrogens with zero attached hydrogens (tertiary/aromatic N) is 2. The standard InChI is InChI=1S/C22H21FN4O2S/c1-13-17(14(2)29-27-13)11-30-12-22(28)24-16-7-8-19-20(10-16)26-21(25-19)9-15-5-3-4-6-18(15)23/h3-8,10H,9,11-12H2,1-2H3,(H,24,28)(H,25,26). The Hall–Kier alpha value is -3.13. The van der Waals surface area contributed by atoms with E-state index in [1.165, 1.54) is 17.8 Å². The Bertz CT molecular complexity index is 1180. The molecule has 6 nitrogen and oxygen atoms in total. The molecule has 4 aromatic rings. The first kappa shape index (κ1) is 20.2. The van der Waals surface area contributed by atoms with Crippen LogP contribution in [0.3, 0.4) is 0 Å².